The van der Waals surface area contributed by atoms with Crippen LogP contribution in [0.4, 0.5) is 5.82 Å². The number of benzene rings is 1. The number of hydrogen-bond acceptors (Lipinski definition) is 9. The van der Waals surface area contributed by atoms with E-state index < -0.39 is 15.9 Å². The van der Waals surface area contributed by atoms with Crippen molar-refractivity contribution in [3.63, 3.8) is 0 Å². The molecule has 0 bridgehead atoms. The number of ether oxygens (including phenoxy) is 1. The number of hydrogen-bond donors (Lipinski definition) is 1. The summed E-state index contributed by atoms with van der Waals surface area (Å²) in [4.78, 5) is 24.7. The van der Waals surface area contributed by atoms with Crippen molar-refractivity contribution in [3.05, 3.63) is 46.8 Å². The van der Waals surface area contributed by atoms with Crippen molar-refractivity contribution in [1.82, 2.24) is 14.9 Å². The van der Waals surface area contributed by atoms with Crippen LogP contribution >= 0.6 is 12.4 Å². The fraction of sp³-hybridized carbons (Fsp3) is 0.542. The van der Waals surface area contributed by atoms with Gasteiger partial charge in [-0.25, -0.2) is 23.2 Å². The van der Waals surface area contributed by atoms with Crippen LogP contribution in [0.1, 0.15) is 52.4 Å². The van der Waals surface area contributed by atoms with Crippen molar-refractivity contribution < 1.29 is 23.1 Å². The summed E-state index contributed by atoms with van der Waals surface area (Å²) in [5, 5.41) is 11.0. The van der Waals surface area contributed by atoms with E-state index in [1.807, 2.05) is 13.0 Å². The van der Waals surface area contributed by atoms with Crippen LogP contribution in [0, 0.1) is 12.3 Å². The third-order valence-corrected chi connectivity index (χ3v) is 8.63. The van der Waals surface area contributed by atoms with Crippen molar-refractivity contribution >= 4 is 34.0 Å². The fourth-order valence-corrected chi connectivity index (χ4v) is 6.03. The SMILES string of the molecule is Cc1c([C@@H](O)CN2CCC3(CCN(c4cnc(S(C)(=O)=O)cn4)CC3)C2)ccc2c1COC2=O.Cl. The van der Waals surface area contributed by atoms with Gasteiger partial charge in [0.15, 0.2) is 14.9 Å². The number of cyclic esters (lactones) is 1. The number of rotatable bonds is 5. The highest BCUT2D eigenvalue weighted by Crippen LogP contribution is 2.41. The molecule has 3 aliphatic heterocycles. The maximum atomic E-state index is 11.8. The van der Waals surface area contributed by atoms with Crippen molar-refractivity contribution in [3.8, 4) is 0 Å². The lowest BCUT2D eigenvalue weighted by molar-refractivity contribution is 0.0535. The van der Waals surface area contributed by atoms with E-state index in [0.717, 1.165) is 68.4 Å². The lowest BCUT2D eigenvalue weighted by Gasteiger charge is -2.40. The molecule has 4 heterocycles. The van der Waals surface area contributed by atoms with E-state index in [1.54, 1.807) is 12.3 Å². The van der Waals surface area contributed by atoms with Gasteiger partial charge in [0.25, 0.3) is 0 Å². The molecule has 0 radical (unpaired) electrons. The van der Waals surface area contributed by atoms with Crippen molar-refractivity contribution in [2.24, 2.45) is 5.41 Å². The van der Waals surface area contributed by atoms with Crippen molar-refractivity contribution in [2.45, 2.75) is 43.9 Å². The molecule has 0 amide bonds. The van der Waals surface area contributed by atoms with Crippen LogP contribution in [0.5, 0.6) is 0 Å². The third-order valence-electron chi connectivity index (χ3n) is 7.66. The predicted octanol–water partition coefficient (Wildman–Crippen LogP) is 2.31. The van der Waals surface area contributed by atoms with Crippen molar-refractivity contribution in [1.29, 1.82) is 0 Å². The van der Waals surface area contributed by atoms with Gasteiger partial charge in [-0.3, -0.25) is 4.90 Å². The van der Waals surface area contributed by atoms with Gasteiger partial charge in [0, 0.05) is 38.0 Å². The standard InChI is InChI=1S/C24H30N4O5S.ClH/c1-16-17(3-4-18-19(16)14-33-23(18)30)20(29)13-27-8-5-24(15-27)6-9-28(10-7-24)21-11-26-22(12-25-21)34(2,31)32;/h3-4,11-12,20,29H,5-10,13-15H2,1-2H3;1H/t20-;/m0./s1. The molecule has 3 aliphatic rings. The minimum atomic E-state index is -3.35. The number of fused-ring (bicyclic) bond motifs is 1. The molecular formula is C24H31ClN4O5S. The Kier molecular flexibility index (Phi) is 7.11. The fourth-order valence-electron chi connectivity index (χ4n) is 5.54. The number of likely N-dealkylation sites (tertiary alicyclic amines) is 1. The molecule has 0 saturated carbocycles. The number of aromatic nitrogens is 2. The molecule has 2 aromatic rings. The number of sulfone groups is 1. The molecule has 0 unspecified atom stereocenters. The maximum absolute atomic E-state index is 11.8. The molecule has 1 atom stereocenters. The van der Waals surface area contributed by atoms with Crippen LogP contribution in [0.15, 0.2) is 29.6 Å². The molecule has 1 spiro atoms. The Morgan fingerprint density at radius 3 is 2.51 bits per heavy atom. The van der Waals surface area contributed by atoms with Crippen LogP contribution < -0.4 is 4.90 Å². The second kappa shape index (κ2) is 9.65. The van der Waals surface area contributed by atoms with Gasteiger partial charge in [0.05, 0.1) is 24.1 Å². The van der Waals surface area contributed by atoms with E-state index in [9.17, 15) is 18.3 Å². The van der Waals surface area contributed by atoms with Gasteiger partial charge in [-0.2, -0.15) is 0 Å². The van der Waals surface area contributed by atoms with Gasteiger partial charge < -0.3 is 14.7 Å². The average molecular weight is 523 g/mol. The maximum Gasteiger partial charge on any atom is 0.338 e. The Balaban J connectivity index is 0.00000289. The zero-order valence-corrected chi connectivity index (χ0v) is 21.6. The van der Waals surface area contributed by atoms with Gasteiger partial charge in [0.1, 0.15) is 12.4 Å². The molecule has 11 heteroatoms. The molecule has 1 aromatic carbocycles. The van der Waals surface area contributed by atoms with E-state index in [4.69, 9.17) is 4.74 Å². The zero-order chi connectivity index (χ0) is 24.1. The molecular weight excluding hydrogens is 492 g/mol. The Hall–Kier alpha value is -2.27. The summed E-state index contributed by atoms with van der Waals surface area (Å²) in [5.74, 6) is 0.423. The van der Waals surface area contributed by atoms with Crippen LogP contribution in [-0.4, -0.2) is 73.3 Å². The normalized spacial score (nSPS) is 20.4. The minimum absolute atomic E-state index is 0. The number of β-amino-alcohol motifs (C(OH)–C–C–N with tert-alkyl or cyclic N) is 1. The van der Waals surface area contributed by atoms with Gasteiger partial charge >= 0.3 is 5.97 Å². The second-order valence-corrected chi connectivity index (χ2v) is 11.8. The molecule has 190 valence electrons. The average Bonchev–Trinajstić information content (AvgIpc) is 3.38. The quantitative estimate of drug-likeness (QED) is 0.591. The molecule has 0 aliphatic carbocycles. The Morgan fingerprint density at radius 2 is 1.86 bits per heavy atom. The van der Waals surface area contributed by atoms with E-state index in [0.29, 0.717) is 17.9 Å². The Bertz CT molecular complexity index is 1210. The monoisotopic (exact) mass is 522 g/mol. The number of carbonyl (C=O) groups excluding carboxylic acids is 1. The first-order chi connectivity index (χ1) is 16.2. The van der Waals surface area contributed by atoms with E-state index >= 15 is 0 Å². The van der Waals surface area contributed by atoms with Gasteiger partial charge in [-0.1, -0.05) is 6.07 Å². The predicted molar refractivity (Wildman–Crippen MR) is 133 cm³/mol. The first-order valence-electron chi connectivity index (χ1n) is 11.6. The smallest absolute Gasteiger partial charge is 0.338 e. The number of esters is 1. The number of nitrogens with zero attached hydrogens (tertiary/aromatic N) is 4. The first-order valence-corrected chi connectivity index (χ1v) is 13.5. The lowest BCUT2D eigenvalue weighted by Crippen LogP contribution is -2.42. The highest BCUT2D eigenvalue weighted by Gasteiger charge is 2.41. The molecule has 1 aromatic heterocycles. The summed E-state index contributed by atoms with van der Waals surface area (Å²) in [6, 6.07) is 3.62. The summed E-state index contributed by atoms with van der Waals surface area (Å²) in [6.45, 7) is 6.39. The van der Waals surface area contributed by atoms with E-state index in [1.165, 1.54) is 6.20 Å². The number of piperidine rings is 1. The topological polar surface area (TPSA) is 113 Å². The molecule has 35 heavy (non-hydrogen) atoms. The van der Waals surface area contributed by atoms with E-state index in [-0.39, 0.29) is 35.4 Å². The Labute approximate surface area is 211 Å². The number of carbonyl (C=O) groups is 1. The van der Waals surface area contributed by atoms with Gasteiger partial charge in [-0.05, 0) is 55.3 Å². The second-order valence-electron chi connectivity index (χ2n) is 9.85. The molecule has 2 fully saturated rings. The van der Waals surface area contributed by atoms with E-state index in [2.05, 4.69) is 19.8 Å². The van der Waals surface area contributed by atoms with Crippen molar-refractivity contribution in [2.75, 3.05) is 43.9 Å². The molecule has 5 rings (SSSR count). The minimum Gasteiger partial charge on any atom is -0.457 e. The number of aliphatic hydroxyl groups excluding tert-OH is 1. The summed E-state index contributed by atoms with van der Waals surface area (Å²) < 4.78 is 28.4. The van der Waals surface area contributed by atoms with Gasteiger partial charge in [0.2, 0.25) is 0 Å². The molecule has 9 nitrogen and oxygen atoms in total. The highest BCUT2D eigenvalue weighted by atomic mass is 35.5. The van der Waals surface area contributed by atoms with Crippen LogP contribution in [-0.2, 0) is 21.2 Å². The largest absolute Gasteiger partial charge is 0.457 e. The molecule has 1 N–H and O–H groups in total. The van der Waals surface area contributed by atoms with Crippen LogP contribution in [0.3, 0.4) is 0 Å². The summed E-state index contributed by atoms with van der Waals surface area (Å²) in [6.07, 6.45) is 6.53. The number of aliphatic hydroxyl groups is 1. The highest BCUT2D eigenvalue weighted by molar-refractivity contribution is 7.90. The van der Waals surface area contributed by atoms with Crippen LogP contribution in [0.25, 0.3) is 0 Å². The lowest BCUT2D eigenvalue weighted by atomic mass is 9.78. The number of halogens is 1. The summed E-state index contributed by atoms with van der Waals surface area (Å²) >= 11 is 0. The summed E-state index contributed by atoms with van der Waals surface area (Å²) in [5.41, 5.74) is 3.53. The Morgan fingerprint density at radius 1 is 1.14 bits per heavy atom. The third kappa shape index (κ3) is 5.02. The first kappa shape index (κ1) is 25.8. The van der Waals surface area contributed by atoms with Gasteiger partial charge in [-0.15, -0.1) is 12.4 Å². The van der Waals surface area contributed by atoms with Crippen LogP contribution in [0.2, 0.25) is 0 Å². The summed E-state index contributed by atoms with van der Waals surface area (Å²) in [7, 11) is -3.35. The number of anilines is 1. The zero-order valence-electron chi connectivity index (χ0n) is 19.9. The molecule has 2 saturated heterocycles.